The number of hydrogen-bond donors (Lipinski definition) is 3. The maximum absolute atomic E-state index is 12.2. The fourth-order valence-corrected chi connectivity index (χ4v) is 5.86. The third-order valence-corrected chi connectivity index (χ3v) is 7.17. The molecule has 1 aliphatic carbocycles. The Hall–Kier alpha value is -0.480. The number of nitrogens with one attached hydrogen (secondary N) is 1. The minimum absolute atomic E-state index is 0.0555. The van der Waals surface area contributed by atoms with Gasteiger partial charge in [-0.2, -0.15) is 0 Å². The third kappa shape index (κ3) is 4.04. The van der Waals surface area contributed by atoms with Gasteiger partial charge in [0.15, 0.2) is 0 Å². The molecule has 0 spiro atoms. The molecular formula is C12H16BrNO5S2. The van der Waals surface area contributed by atoms with E-state index in [1.54, 1.807) is 0 Å². The number of thiophene rings is 1. The summed E-state index contributed by atoms with van der Waals surface area (Å²) < 4.78 is 27.1. The van der Waals surface area contributed by atoms with Crippen molar-refractivity contribution in [3.05, 3.63) is 14.7 Å². The van der Waals surface area contributed by atoms with Gasteiger partial charge in [-0.3, -0.25) is 0 Å². The van der Waals surface area contributed by atoms with Crippen LogP contribution in [0.3, 0.4) is 0 Å². The number of aromatic carboxylic acids is 1. The quantitative estimate of drug-likeness (QED) is 0.706. The molecule has 2 rings (SSSR count). The molecule has 1 aromatic rings. The molecule has 1 heterocycles. The molecule has 1 aliphatic rings. The molecule has 9 heteroatoms. The number of sulfonamides is 1. The number of rotatable bonds is 5. The largest absolute Gasteiger partial charge is 0.477 e. The van der Waals surface area contributed by atoms with Crippen LogP contribution in [-0.2, 0) is 10.0 Å². The summed E-state index contributed by atoms with van der Waals surface area (Å²) in [5, 5.41) is 19.2. The number of carboxylic acid groups (broad SMARTS) is 1. The van der Waals surface area contributed by atoms with E-state index >= 15 is 0 Å². The highest BCUT2D eigenvalue weighted by Crippen LogP contribution is 2.32. The maximum Gasteiger partial charge on any atom is 0.345 e. The van der Waals surface area contributed by atoms with E-state index in [1.165, 1.54) is 0 Å². The van der Waals surface area contributed by atoms with Crippen molar-refractivity contribution in [1.82, 2.24) is 4.72 Å². The van der Waals surface area contributed by atoms with Gasteiger partial charge < -0.3 is 10.2 Å². The smallest absolute Gasteiger partial charge is 0.345 e. The molecule has 0 unspecified atom stereocenters. The van der Waals surface area contributed by atoms with Gasteiger partial charge in [-0.05, 0) is 34.8 Å². The van der Waals surface area contributed by atoms with Gasteiger partial charge in [-0.25, -0.2) is 17.9 Å². The molecule has 1 saturated carbocycles. The van der Waals surface area contributed by atoms with E-state index in [9.17, 15) is 18.3 Å². The van der Waals surface area contributed by atoms with Crippen molar-refractivity contribution < 1.29 is 23.4 Å². The standard InChI is InChI=1S/C12H16BrNO5S2/c13-10-9(6-8(20-10)11(15)16)21(18,19)14-7-12(17)4-2-1-3-5-12/h6,14,17H,1-5,7H2,(H,15,16). The summed E-state index contributed by atoms with van der Waals surface area (Å²) in [5.41, 5.74) is -1.01. The van der Waals surface area contributed by atoms with Crippen LogP contribution in [0.15, 0.2) is 14.7 Å². The topological polar surface area (TPSA) is 104 Å². The molecule has 6 nitrogen and oxygen atoms in total. The molecule has 0 saturated heterocycles. The molecule has 0 atom stereocenters. The number of carboxylic acids is 1. The SMILES string of the molecule is O=C(O)c1cc(S(=O)(=O)NCC2(O)CCCCC2)c(Br)s1. The monoisotopic (exact) mass is 397 g/mol. The fraction of sp³-hybridized carbons (Fsp3) is 0.583. The lowest BCUT2D eigenvalue weighted by Crippen LogP contribution is -2.44. The molecule has 0 aromatic carbocycles. The van der Waals surface area contributed by atoms with Crippen molar-refractivity contribution in [3.8, 4) is 0 Å². The van der Waals surface area contributed by atoms with Gasteiger partial charge in [0.2, 0.25) is 10.0 Å². The average molecular weight is 398 g/mol. The summed E-state index contributed by atoms with van der Waals surface area (Å²) in [4.78, 5) is 10.7. The van der Waals surface area contributed by atoms with Crippen LogP contribution in [0.5, 0.6) is 0 Å². The Balaban J connectivity index is 2.13. The maximum atomic E-state index is 12.2. The molecule has 118 valence electrons. The van der Waals surface area contributed by atoms with Crippen molar-refractivity contribution in [2.75, 3.05) is 6.54 Å². The van der Waals surface area contributed by atoms with Gasteiger partial charge >= 0.3 is 5.97 Å². The van der Waals surface area contributed by atoms with Crippen LogP contribution in [0.1, 0.15) is 41.8 Å². The lowest BCUT2D eigenvalue weighted by Gasteiger charge is -2.31. The zero-order chi connectivity index (χ0) is 15.7. The summed E-state index contributed by atoms with van der Waals surface area (Å²) >= 11 is 3.92. The third-order valence-electron chi connectivity index (χ3n) is 3.53. The Morgan fingerprint density at radius 3 is 2.52 bits per heavy atom. The van der Waals surface area contributed by atoms with E-state index in [0.717, 1.165) is 36.7 Å². The van der Waals surface area contributed by atoms with E-state index in [-0.39, 0.29) is 20.1 Å². The van der Waals surface area contributed by atoms with Crippen molar-refractivity contribution in [2.45, 2.75) is 42.6 Å². The van der Waals surface area contributed by atoms with Gasteiger partial charge in [-0.1, -0.05) is 19.3 Å². The first kappa shape index (κ1) is 16.9. The van der Waals surface area contributed by atoms with E-state index in [1.807, 2.05) is 0 Å². The van der Waals surface area contributed by atoms with Crippen LogP contribution in [-0.4, -0.2) is 36.7 Å². The molecule has 0 bridgehead atoms. The predicted octanol–water partition coefficient (Wildman–Crippen LogP) is 2.18. The molecule has 0 aliphatic heterocycles. The Morgan fingerprint density at radius 2 is 2.00 bits per heavy atom. The highest BCUT2D eigenvalue weighted by atomic mass is 79.9. The number of halogens is 1. The Morgan fingerprint density at radius 1 is 1.38 bits per heavy atom. The summed E-state index contributed by atoms with van der Waals surface area (Å²) in [6, 6.07) is 1.12. The second kappa shape index (κ2) is 6.33. The summed E-state index contributed by atoms with van der Waals surface area (Å²) in [7, 11) is -3.85. The summed E-state index contributed by atoms with van der Waals surface area (Å²) in [6.45, 7) is -0.0555. The van der Waals surface area contributed by atoms with Gasteiger partial charge in [0.1, 0.15) is 9.77 Å². The highest BCUT2D eigenvalue weighted by Gasteiger charge is 2.32. The van der Waals surface area contributed by atoms with Crippen LogP contribution in [0.25, 0.3) is 0 Å². The predicted molar refractivity (Wildman–Crippen MR) is 82.2 cm³/mol. The molecule has 0 radical (unpaired) electrons. The normalized spacial score (nSPS) is 18.6. The van der Waals surface area contributed by atoms with E-state index < -0.39 is 21.6 Å². The lowest BCUT2D eigenvalue weighted by molar-refractivity contribution is 0.00945. The second-order valence-electron chi connectivity index (χ2n) is 5.16. The molecule has 21 heavy (non-hydrogen) atoms. The Labute approximate surface area is 135 Å². The molecular weight excluding hydrogens is 382 g/mol. The first-order chi connectivity index (χ1) is 9.73. The zero-order valence-corrected chi connectivity index (χ0v) is 14.4. The van der Waals surface area contributed by atoms with Gasteiger partial charge in [0.25, 0.3) is 0 Å². The number of hydrogen-bond acceptors (Lipinski definition) is 5. The first-order valence-electron chi connectivity index (χ1n) is 6.48. The fourth-order valence-electron chi connectivity index (χ4n) is 2.33. The van der Waals surface area contributed by atoms with Crippen LogP contribution in [0.2, 0.25) is 0 Å². The average Bonchev–Trinajstić information content (AvgIpc) is 2.81. The highest BCUT2D eigenvalue weighted by molar-refractivity contribution is 9.11. The van der Waals surface area contributed by atoms with Crippen molar-refractivity contribution in [2.24, 2.45) is 0 Å². The first-order valence-corrected chi connectivity index (χ1v) is 9.57. The van der Waals surface area contributed by atoms with Crippen LogP contribution >= 0.6 is 27.3 Å². The van der Waals surface area contributed by atoms with Crippen molar-refractivity contribution in [1.29, 1.82) is 0 Å². The van der Waals surface area contributed by atoms with Gasteiger partial charge in [0, 0.05) is 6.54 Å². The molecule has 1 fully saturated rings. The number of carbonyl (C=O) groups is 1. The minimum atomic E-state index is -3.85. The van der Waals surface area contributed by atoms with Gasteiger partial charge in [0.05, 0.1) is 9.39 Å². The minimum Gasteiger partial charge on any atom is -0.477 e. The van der Waals surface area contributed by atoms with Crippen molar-refractivity contribution in [3.63, 3.8) is 0 Å². The van der Waals surface area contributed by atoms with E-state index in [2.05, 4.69) is 20.7 Å². The van der Waals surface area contributed by atoms with Crippen LogP contribution in [0.4, 0.5) is 0 Å². The molecule has 1 aromatic heterocycles. The van der Waals surface area contributed by atoms with Crippen molar-refractivity contribution >= 4 is 43.3 Å². The summed E-state index contributed by atoms with van der Waals surface area (Å²) in [6.07, 6.45) is 3.95. The van der Waals surface area contributed by atoms with E-state index in [0.29, 0.717) is 12.8 Å². The zero-order valence-electron chi connectivity index (χ0n) is 11.1. The Kier molecular flexibility index (Phi) is 5.09. The van der Waals surface area contributed by atoms with E-state index in [4.69, 9.17) is 5.11 Å². The Bertz CT molecular complexity index is 634. The molecule has 3 N–H and O–H groups in total. The second-order valence-corrected chi connectivity index (χ2v) is 9.27. The van der Waals surface area contributed by atoms with Crippen LogP contribution < -0.4 is 4.72 Å². The summed E-state index contributed by atoms with van der Waals surface area (Å²) in [5.74, 6) is -1.17. The molecule has 0 amide bonds. The van der Waals surface area contributed by atoms with Crippen LogP contribution in [0, 0.1) is 0 Å². The number of aliphatic hydroxyl groups is 1. The van der Waals surface area contributed by atoms with Gasteiger partial charge in [-0.15, -0.1) is 11.3 Å². The lowest BCUT2D eigenvalue weighted by atomic mass is 9.85.